The van der Waals surface area contributed by atoms with E-state index in [1.54, 1.807) is 11.7 Å². The lowest BCUT2D eigenvalue weighted by Crippen LogP contribution is -2.06. The van der Waals surface area contributed by atoms with Crippen molar-refractivity contribution in [1.29, 1.82) is 0 Å². The van der Waals surface area contributed by atoms with Crippen LogP contribution in [0.2, 0.25) is 0 Å². The fourth-order valence-electron chi connectivity index (χ4n) is 1.66. The van der Waals surface area contributed by atoms with E-state index in [1.165, 1.54) is 11.3 Å². The number of nitrogen functional groups attached to an aromatic ring is 1. The lowest BCUT2D eigenvalue weighted by Gasteiger charge is -2.15. The first-order valence-corrected chi connectivity index (χ1v) is 6.21. The average molecular weight is 237 g/mol. The van der Waals surface area contributed by atoms with Crippen molar-refractivity contribution in [2.45, 2.75) is 26.4 Å². The lowest BCUT2D eigenvalue weighted by atomic mass is 10.1. The van der Waals surface area contributed by atoms with Gasteiger partial charge in [0.15, 0.2) is 0 Å². The molecule has 1 unspecified atom stereocenters. The molecule has 2 aromatic heterocycles. The van der Waals surface area contributed by atoms with E-state index in [4.69, 9.17) is 10.5 Å². The van der Waals surface area contributed by atoms with E-state index in [0.717, 1.165) is 28.9 Å². The van der Waals surface area contributed by atoms with Crippen LogP contribution in [0, 0.1) is 0 Å². The third-order valence-electron chi connectivity index (χ3n) is 2.41. The standard InChI is InChI=1S/C11H15N3OS/c1-3-4-15-7(2)9-8(12)5-13-11-10(9)14-6-16-11/h5-7H,3-4,12H2,1-2H3. The molecule has 2 heterocycles. The third-order valence-corrected chi connectivity index (χ3v) is 3.15. The van der Waals surface area contributed by atoms with E-state index in [1.807, 2.05) is 6.92 Å². The van der Waals surface area contributed by atoms with Crippen molar-refractivity contribution in [2.75, 3.05) is 12.3 Å². The number of anilines is 1. The Morgan fingerprint density at radius 1 is 1.50 bits per heavy atom. The van der Waals surface area contributed by atoms with Crippen molar-refractivity contribution in [3.8, 4) is 0 Å². The normalized spacial score (nSPS) is 13.1. The van der Waals surface area contributed by atoms with Crippen LogP contribution in [0.25, 0.3) is 10.3 Å². The summed E-state index contributed by atoms with van der Waals surface area (Å²) in [5, 5.41) is 0. The van der Waals surface area contributed by atoms with Crippen LogP contribution < -0.4 is 5.73 Å². The van der Waals surface area contributed by atoms with Crippen molar-refractivity contribution in [3.05, 3.63) is 17.3 Å². The SMILES string of the molecule is CCCOC(C)c1c(N)cnc2scnc12. The van der Waals surface area contributed by atoms with Gasteiger partial charge in [0.05, 0.1) is 23.5 Å². The van der Waals surface area contributed by atoms with Gasteiger partial charge in [0.25, 0.3) is 0 Å². The Bertz CT molecular complexity index is 483. The summed E-state index contributed by atoms with van der Waals surface area (Å²) in [5.41, 5.74) is 10.2. The van der Waals surface area contributed by atoms with E-state index in [-0.39, 0.29) is 6.10 Å². The molecule has 0 aliphatic heterocycles. The summed E-state index contributed by atoms with van der Waals surface area (Å²) in [5.74, 6) is 0. The quantitative estimate of drug-likeness (QED) is 0.888. The number of rotatable bonds is 4. The number of nitrogens with zero attached hydrogens (tertiary/aromatic N) is 2. The molecule has 0 amide bonds. The monoisotopic (exact) mass is 237 g/mol. The molecular formula is C11H15N3OS. The van der Waals surface area contributed by atoms with E-state index in [2.05, 4.69) is 16.9 Å². The van der Waals surface area contributed by atoms with Crippen LogP contribution in [-0.2, 0) is 4.74 Å². The molecule has 16 heavy (non-hydrogen) atoms. The molecule has 2 aromatic rings. The molecule has 4 nitrogen and oxygen atoms in total. The molecule has 0 radical (unpaired) electrons. The Labute approximate surface area is 98.5 Å². The zero-order chi connectivity index (χ0) is 11.5. The summed E-state index contributed by atoms with van der Waals surface area (Å²) < 4.78 is 5.69. The smallest absolute Gasteiger partial charge is 0.143 e. The van der Waals surface area contributed by atoms with Gasteiger partial charge < -0.3 is 10.5 Å². The first-order chi connectivity index (χ1) is 7.74. The van der Waals surface area contributed by atoms with Gasteiger partial charge >= 0.3 is 0 Å². The van der Waals surface area contributed by atoms with Crippen molar-refractivity contribution in [3.63, 3.8) is 0 Å². The zero-order valence-corrected chi connectivity index (χ0v) is 10.3. The Balaban J connectivity index is 2.40. The first kappa shape index (κ1) is 11.3. The summed E-state index contributed by atoms with van der Waals surface area (Å²) in [7, 11) is 0. The Morgan fingerprint density at radius 2 is 2.31 bits per heavy atom. The second-order valence-electron chi connectivity index (χ2n) is 3.65. The highest BCUT2D eigenvalue weighted by atomic mass is 32.1. The molecule has 0 saturated heterocycles. The predicted molar refractivity (Wildman–Crippen MR) is 66.5 cm³/mol. The second kappa shape index (κ2) is 4.76. The molecule has 0 aliphatic rings. The van der Waals surface area contributed by atoms with E-state index < -0.39 is 0 Å². The van der Waals surface area contributed by atoms with Crippen LogP contribution in [0.1, 0.15) is 31.9 Å². The molecule has 5 heteroatoms. The van der Waals surface area contributed by atoms with Crippen molar-refractivity contribution >= 4 is 27.4 Å². The fourth-order valence-corrected chi connectivity index (χ4v) is 2.30. The summed E-state index contributed by atoms with van der Waals surface area (Å²) >= 11 is 1.52. The van der Waals surface area contributed by atoms with Crippen molar-refractivity contribution in [1.82, 2.24) is 9.97 Å². The number of pyridine rings is 1. The largest absolute Gasteiger partial charge is 0.397 e. The second-order valence-corrected chi connectivity index (χ2v) is 4.48. The maximum absolute atomic E-state index is 5.94. The zero-order valence-electron chi connectivity index (χ0n) is 9.43. The number of aromatic nitrogens is 2. The minimum absolute atomic E-state index is 0.0347. The van der Waals surface area contributed by atoms with E-state index in [9.17, 15) is 0 Å². The average Bonchev–Trinajstić information content (AvgIpc) is 2.73. The maximum atomic E-state index is 5.94. The van der Waals surface area contributed by atoms with Crippen LogP contribution in [-0.4, -0.2) is 16.6 Å². The van der Waals surface area contributed by atoms with Gasteiger partial charge in [-0.2, -0.15) is 0 Å². The van der Waals surface area contributed by atoms with Crippen LogP contribution in [0.4, 0.5) is 5.69 Å². The highest BCUT2D eigenvalue weighted by molar-refractivity contribution is 7.16. The number of hydrogen-bond donors (Lipinski definition) is 1. The van der Waals surface area contributed by atoms with Gasteiger partial charge in [-0.05, 0) is 13.3 Å². The maximum Gasteiger partial charge on any atom is 0.143 e. The summed E-state index contributed by atoms with van der Waals surface area (Å²) in [6.07, 6.45) is 2.64. The fraction of sp³-hybridized carbons (Fsp3) is 0.455. The minimum Gasteiger partial charge on any atom is -0.397 e. The number of fused-ring (bicyclic) bond motifs is 1. The number of hydrogen-bond acceptors (Lipinski definition) is 5. The molecule has 2 rings (SSSR count). The van der Waals surface area contributed by atoms with Crippen LogP contribution in [0.3, 0.4) is 0 Å². The molecule has 2 N–H and O–H groups in total. The predicted octanol–water partition coefficient (Wildman–Crippen LogP) is 2.76. The molecule has 1 atom stereocenters. The Morgan fingerprint density at radius 3 is 3.06 bits per heavy atom. The summed E-state index contributed by atoms with van der Waals surface area (Å²) in [4.78, 5) is 9.46. The van der Waals surface area contributed by atoms with Gasteiger partial charge in [-0.3, -0.25) is 0 Å². The highest BCUT2D eigenvalue weighted by Gasteiger charge is 2.16. The molecule has 0 aliphatic carbocycles. The molecule has 0 spiro atoms. The molecule has 0 aromatic carbocycles. The Kier molecular flexibility index (Phi) is 3.36. The van der Waals surface area contributed by atoms with Gasteiger partial charge in [0, 0.05) is 12.2 Å². The number of ether oxygens (including phenoxy) is 1. The summed E-state index contributed by atoms with van der Waals surface area (Å²) in [6, 6.07) is 0. The van der Waals surface area contributed by atoms with Gasteiger partial charge in [-0.15, -0.1) is 11.3 Å². The van der Waals surface area contributed by atoms with E-state index >= 15 is 0 Å². The van der Waals surface area contributed by atoms with Crippen LogP contribution in [0.5, 0.6) is 0 Å². The van der Waals surface area contributed by atoms with Gasteiger partial charge in [-0.1, -0.05) is 6.92 Å². The molecule has 0 bridgehead atoms. The highest BCUT2D eigenvalue weighted by Crippen LogP contribution is 2.30. The molecular weight excluding hydrogens is 222 g/mol. The molecule has 0 fully saturated rings. The van der Waals surface area contributed by atoms with E-state index in [0.29, 0.717) is 5.69 Å². The topological polar surface area (TPSA) is 61.0 Å². The first-order valence-electron chi connectivity index (χ1n) is 5.33. The number of nitrogens with two attached hydrogens (primary N) is 1. The lowest BCUT2D eigenvalue weighted by molar-refractivity contribution is 0.0676. The van der Waals surface area contributed by atoms with Crippen molar-refractivity contribution < 1.29 is 4.74 Å². The van der Waals surface area contributed by atoms with Gasteiger partial charge in [0.2, 0.25) is 0 Å². The van der Waals surface area contributed by atoms with Crippen molar-refractivity contribution in [2.24, 2.45) is 0 Å². The Hall–Kier alpha value is -1.20. The number of thiazole rings is 1. The van der Waals surface area contributed by atoms with Crippen LogP contribution >= 0.6 is 11.3 Å². The van der Waals surface area contributed by atoms with Gasteiger partial charge in [0.1, 0.15) is 10.3 Å². The minimum atomic E-state index is -0.0347. The molecule has 0 saturated carbocycles. The third kappa shape index (κ3) is 2.01. The molecule has 86 valence electrons. The van der Waals surface area contributed by atoms with Gasteiger partial charge in [-0.25, -0.2) is 9.97 Å². The summed E-state index contributed by atoms with van der Waals surface area (Å²) in [6.45, 7) is 4.82. The van der Waals surface area contributed by atoms with Crippen LogP contribution in [0.15, 0.2) is 11.7 Å².